The van der Waals surface area contributed by atoms with Crippen molar-refractivity contribution in [3.05, 3.63) is 82.8 Å². The van der Waals surface area contributed by atoms with E-state index in [9.17, 15) is 9.59 Å². The number of ketones is 1. The van der Waals surface area contributed by atoms with Gasteiger partial charge in [0.1, 0.15) is 5.75 Å². The van der Waals surface area contributed by atoms with E-state index < -0.39 is 12.1 Å². The van der Waals surface area contributed by atoms with E-state index in [-0.39, 0.29) is 11.5 Å². The molecule has 28 heavy (non-hydrogen) atoms. The van der Waals surface area contributed by atoms with E-state index in [2.05, 4.69) is 10.6 Å². The van der Waals surface area contributed by atoms with Gasteiger partial charge in [-0.3, -0.25) is 9.59 Å². The molecule has 0 saturated heterocycles. The summed E-state index contributed by atoms with van der Waals surface area (Å²) in [5.41, 5.74) is 2.04. The van der Waals surface area contributed by atoms with Gasteiger partial charge in [0.05, 0.1) is 18.4 Å². The molecule has 0 bridgehead atoms. The lowest BCUT2D eigenvalue weighted by atomic mass is 10.1. The van der Waals surface area contributed by atoms with Crippen molar-refractivity contribution in [1.82, 2.24) is 5.32 Å². The van der Waals surface area contributed by atoms with Gasteiger partial charge in [0, 0.05) is 11.3 Å². The highest BCUT2D eigenvalue weighted by Crippen LogP contribution is 2.27. The van der Waals surface area contributed by atoms with Crippen molar-refractivity contribution in [1.29, 1.82) is 0 Å². The van der Waals surface area contributed by atoms with Crippen LogP contribution in [0, 0.1) is 6.92 Å². The van der Waals surface area contributed by atoms with Crippen LogP contribution in [0.5, 0.6) is 5.75 Å². The second-order valence-electron chi connectivity index (χ2n) is 6.11. The van der Waals surface area contributed by atoms with Crippen molar-refractivity contribution >= 4 is 29.0 Å². The predicted molar refractivity (Wildman–Crippen MR) is 107 cm³/mol. The average molecular weight is 399 g/mol. The molecule has 0 aliphatic rings. The molecular formula is C21H19ClN2O4. The lowest BCUT2D eigenvalue weighted by Gasteiger charge is -2.20. The number of benzene rings is 2. The molecule has 2 N–H and O–H groups in total. The van der Waals surface area contributed by atoms with Crippen LogP contribution in [0.4, 0.5) is 5.69 Å². The molecule has 3 aromatic rings. The van der Waals surface area contributed by atoms with Crippen molar-refractivity contribution in [2.75, 3.05) is 12.4 Å². The van der Waals surface area contributed by atoms with Crippen molar-refractivity contribution in [3.8, 4) is 5.75 Å². The third kappa shape index (κ3) is 4.53. The number of anilines is 1. The molecule has 1 atom stereocenters. The number of aryl methyl sites for hydroxylation is 1. The lowest BCUT2D eigenvalue weighted by Crippen LogP contribution is -2.46. The van der Waals surface area contributed by atoms with E-state index in [0.29, 0.717) is 22.0 Å². The lowest BCUT2D eigenvalue weighted by molar-refractivity contribution is 0.0853. The number of nitrogens with one attached hydrogen (secondary N) is 2. The first kappa shape index (κ1) is 19.5. The molecule has 2 aromatic carbocycles. The summed E-state index contributed by atoms with van der Waals surface area (Å²) in [6, 6.07) is 15.2. The van der Waals surface area contributed by atoms with E-state index in [4.69, 9.17) is 20.8 Å². The van der Waals surface area contributed by atoms with Crippen molar-refractivity contribution in [2.45, 2.75) is 13.1 Å². The maximum absolute atomic E-state index is 13.0. The normalized spacial score (nSPS) is 11.5. The van der Waals surface area contributed by atoms with E-state index >= 15 is 0 Å². The topological polar surface area (TPSA) is 80.6 Å². The van der Waals surface area contributed by atoms with Crippen LogP contribution in [0.1, 0.15) is 26.5 Å². The Bertz CT molecular complexity index is 969. The van der Waals surface area contributed by atoms with Gasteiger partial charge in [-0.05, 0) is 37.3 Å². The number of Topliss-reactive ketones (excluding diaryl/α,β-unsaturated/α-hetero) is 1. The first-order valence-electron chi connectivity index (χ1n) is 8.53. The van der Waals surface area contributed by atoms with Gasteiger partial charge in [-0.15, -0.1) is 0 Å². The number of ether oxygens (including phenoxy) is 1. The van der Waals surface area contributed by atoms with Crippen LogP contribution in [0.2, 0.25) is 5.02 Å². The fraction of sp³-hybridized carbons (Fsp3) is 0.143. The van der Waals surface area contributed by atoms with Crippen LogP contribution in [0.15, 0.2) is 65.3 Å². The molecule has 1 heterocycles. The van der Waals surface area contributed by atoms with Crippen LogP contribution in [-0.4, -0.2) is 25.0 Å². The molecule has 0 radical (unpaired) electrons. The molecule has 0 spiro atoms. The van der Waals surface area contributed by atoms with E-state index in [0.717, 1.165) is 5.56 Å². The van der Waals surface area contributed by atoms with Gasteiger partial charge in [0.25, 0.3) is 5.91 Å². The molecule has 1 amide bonds. The number of carbonyl (C=O) groups is 2. The maximum Gasteiger partial charge on any atom is 0.288 e. The summed E-state index contributed by atoms with van der Waals surface area (Å²) in [4.78, 5) is 25.4. The number of hydrogen-bond acceptors (Lipinski definition) is 5. The highest BCUT2D eigenvalue weighted by Gasteiger charge is 2.24. The molecule has 3 rings (SSSR count). The first-order chi connectivity index (χ1) is 13.5. The Labute approximate surface area is 167 Å². The number of methoxy groups -OCH3 is 1. The van der Waals surface area contributed by atoms with Crippen LogP contribution < -0.4 is 15.4 Å². The summed E-state index contributed by atoms with van der Waals surface area (Å²) < 4.78 is 10.2. The molecule has 0 fully saturated rings. The van der Waals surface area contributed by atoms with Gasteiger partial charge in [0.2, 0.25) is 5.78 Å². The molecule has 0 aliphatic carbocycles. The Kier molecular flexibility index (Phi) is 6.01. The first-order valence-corrected chi connectivity index (χ1v) is 8.91. The summed E-state index contributed by atoms with van der Waals surface area (Å²) in [5, 5.41) is 6.06. The van der Waals surface area contributed by atoms with Crippen molar-refractivity contribution in [3.63, 3.8) is 0 Å². The minimum Gasteiger partial charge on any atom is -0.495 e. The van der Waals surface area contributed by atoms with Gasteiger partial charge < -0.3 is 19.8 Å². The van der Waals surface area contributed by atoms with Crippen LogP contribution in [0.3, 0.4) is 0 Å². The van der Waals surface area contributed by atoms with Crippen molar-refractivity contribution in [2.24, 2.45) is 0 Å². The van der Waals surface area contributed by atoms with Gasteiger partial charge >= 0.3 is 0 Å². The zero-order chi connectivity index (χ0) is 20.1. The summed E-state index contributed by atoms with van der Waals surface area (Å²) >= 11 is 6.16. The third-order valence-corrected chi connectivity index (χ3v) is 4.38. The van der Waals surface area contributed by atoms with Gasteiger partial charge in [-0.25, -0.2) is 0 Å². The van der Waals surface area contributed by atoms with Crippen LogP contribution in [-0.2, 0) is 0 Å². The smallest absolute Gasteiger partial charge is 0.288 e. The zero-order valence-corrected chi connectivity index (χ0v) is 16.1. The molecule has 7 heteroatoms. The highest BCUT2D eigenvalue weighted by atomic mass is 35.5. The Morgan fingerprint density at radius 1 is 1.11 bits per heavy atom. The molecule has 6 nitrogen and oxygen atoms in total. The monoisotopic (exact) mass is 398 g/mol. The van der Waals surface area contributed by atoms with E-state index in [1.54, 1.807) is 36.4 Å². The predicted octanol–water partition coefficient (Wildman–Crippen LogP) is 4.30. The third-order valence-electron chi connectivity index (χ3n) is 4.08. The minimum atomic E-state index is -1.02. The second-order valence-corrected chi connectivity index (χ2v) is 6.51. The Morgan fingerprint density at radius 2 is 1.86 bits per heavy atom. The zero-order valence-electron chi connectivity index (χ0n) is 15.4. The molecular weight excluding hydrogens is 380 g/mol. The Balaban J connectivity index is 1.87. The van der Waals surface area contributed by atoms with Crippen molar-refractivity contribution < 1.29 is 18.7 Å². The number of carbonyl (C=O) groups excluding carboxylic acids is 2. The fourth-order valence-corrected chi connectivity index (χ4v) is 2.84. The summed E-state index contributed by atoms with van der Waals surface area (Å²) in [5.74, 6) is -0.195. The molecule has 0 saturated carbocycles. The van der Waals surface area contributed by atoms with Crippen LogP contribution >= 0.6 is 11.6 Å². The van der Waals surface area contributed by atoms with Gasteiger partial charge in [0.15, 0.2) is 11.9 Å². The number of halogens is 1. The minimum absolute atomic E-state index is 0.108. The fourth-order valence-electron chi connectivity index (χ4n) is 2.58. The van der Waals surface area contributed by atoms with Crippen LogP contribution in [0.25, 0.3) is 0 Å². The molecule has 1 unspecified atom stereocenters. The second kappa shape index (κ2) is 8.63. The molecule has 1 aromatic heterocycles. The van der Waals surface area contributed by atoms with E-state index in [1.165, 1.54) is 19.4 Å². The summed E-state index contributed by atoms with van der Waals surface area (Å²) in [6.07, 6.45) is 0.368. The average Bonchev–Trinajstić information content (AvgIpc) is 3.22. The largest absolute Gasteiger partial charge is 0.495 e. The van der Waals surface area contributed by atoms with Gasteiger partial charge in [-0.2, -0.15) is 0 Å². The van der Waals surface area contributed by atoms with E-state index in [1.807, 2.05) is 19.1 Å². The maximum atomic E-state index is 13.0. The number of hydrogen-bond donors (Lipinski definition) is 2. The summed E-state index contributed by atoms with van der Waals surface area (Å²) in [6.45, 7) is 1.93. The van der Waals surface area contributed by atoms with Gasteiger partial charge in [-0.1, -0.05) is 41.4 Å². The Hall–Kier alpha value is -3.25. The number of amides is 1. The SMILES string of the molecule is COc1ccc(NC(NC(=O)c2ccco2)C(=O)c2ccc(C)cc2)cc1Cl. The standard InChI is InChI=1S/C21H19ClN2O4/c1-13-5-7-14(8-6-13)19(25)20(24-21(26)18-4-3-11-28-18)23-15-9-10-17(27-2)16(22)12-15/h3-12,20,23H,1-2H3,(H,24,26). The molecule has 0 aliphatic heterocycles. The Morgan fingerprint density at radius 3 is 2.46 bits per heavy atom. The quantitative estimate of drug-likeness (QED) is 0.458. The highest BCUT2D eigenvalue weighted by molar-refractivity contribution is 6.32. The summed E-state index contributed by atoms with van der Waals surface area (Å²) in [7, 11) is 1.52. The molecule has 144 valence electrons. The number of furan rings is 1. The number of rotatable bonds is 7.